The summed E-state index contributed by atoms with van der Waals surface area (Å²) >= 11 is 0. The first-order valence-electron chi connectivity index (χ1n) is 13.9. The zero-order chi connectivity index (χ0) is 30.0. The van der Waals surface area contributed by atoms with Gasteiger partial charge in [0.25, 0.3) is 0 Å². The van der Waals surface area contributed by atoms with Crippen LogP contribution in [0.1, 0.15) is 75.2 Å². The molecular formula is C30H38F3NO7. The van der Waals surface area contributed by atoms with E-state index >= 15 is 0 Å². The number of nitrogens with two attached hydrogens (primary N) is 1. The Balaban J connectivity index is 1.77. The lowest BCUT2D eigenvalue weighted by atomic mass is 9.88. The number of benzene rings is 2. The lowest BCUT2D eigenvalue weighted by molar-refractivity contribution is -0.202. The summed E-state index contributed by atoms with van der Waals surface area (Å²) < 4.78 is 61.5. The largest absolute Gasteiger partial charge is 0.459 e. The quantitative estimate of drug-likeness (QED) is 0.161. The first kappa shape index (κ1) is 32.2. The summed E-state index contributed by atoms with van der Waals surface area (Å²) in [4.78, 5) is 26.0. The fourth-order valence-corrected chi connectivity index (χ4v) is 4.48. The van der Waals surface area contributed by atoms with Crippen LogP contribution in [0.5, 0.6) is 11.5 Å². The number of ether oxygens (including phenoxy) is 4. The Bertz CT molecular complexity index is 1150. The maximum atomic E-state index is 13.1. The normalized spacial score (nSPS) is 15.3. The first-order valence-corrected chi connectivity index (χ1v) is 13.9. The monoisotopic (exact) mass is 581 g/mol. The lowest BCUT2D eigenvalue weighted by Gasteiger charge is -2.23. The highest BCUT2D eigenvalue weighted by atomic mass is 19.4. The van der Waals surface area contributed by atoms with E-state index in [2.05, 4.69) is 0 Å². The average Bonchev–Trinajstić information content (AvgIpc) is 3.33. The van der Waals surface area contributed by atoms with Gasteiger partial charge in [0.1, 0.15) is 0 Å². The molecule has 0 amide bonds. The highest BCUT2D eigenvalue weighted by Gasteiger charge is 2.59. The third kappa shape index (κ3) is 8.36. The van der Waals surface area contributed by atoms with Gasteiger partial charge in [-0.25, -0.2) is 9.59 Å². The van der Waals surface area contributed by atoms with E-state index in [4.69, 9.17) is 24.7 Å². The van der Waals surface area contributed by atoms with Gasteiger partial charge in [-0.1, -0.05) is 44.9 Å². The third-order valence-electron chi connectivity index (χ3n) is 6.77. The molecule has 3 N–H and O–H groups in total. The molecule has 3 rings (SSSR count). The number of fused-ring (bicyclic) bond motifs is 1. The van der Waals surface area contributed by atoms with E-state index in [-0.39, 0.29) is 42.6 Å². The van der Waals surface area contributed by atoms with Gasteiger partial charge in [0.2, 0.25) is 0 Å². The van der Waals surface area contributed by atoms with Gasteiger partial charge >= 0.3 is 23.9 Å². The third-order valence-corrected chi connectivity index (χ3v) is 6.77. The van der Waals surface area contributed by atoms with Crippen LogP contribution in [0.15, 0.2) is 42.5 Å². The van der Waals surface area contributed by atoms with Crippen molar-refractivity contribution in [3.8, 4) is 11.5 Å². The van der Waals surface area contributed by atoms with Gasteiger partial charge in [0.05, 0.1) is 24.9 Å². The summed E-state index contributed by atoms with van der Waals surface area (Å²) in [5.41, 5.74) is 5.86. The molecule has 0 spiro atoms. The van der Waals surface area contributed by atoms with E-state index in [0.717, 1.165) is 30.5 Å². The van der Waals surface area contributed by atoms with Gasteiger partial charge in [-0.05, 0) is 80.0 Å². The molecule has 2 aromatic carbocycles. The molecule has 0 radical (unpaired) electrons. The molecule has 0 bridgehead atoms. The summed E-state index contributed by atoms with van der Waals surface area (Å²) in [6.07, 6.45) is -1.83. The van der Waals surface area contributed by atoms with E-state index in [0.29, 0.717) is 32.2 Å². The molecule has 2 atom stereocenters. The van der Waals surface area contributed by atoms with Gasteiger partial charge in [0.15, 0.2) is 11.5 Å². The minimum atomic E-state index is -4.51. The van der Waals surface area contributed by atoms with Crippen LogP contribution in [0.4, 0.5) is 13.2 Å². The number of carbonyl (C=O) groups is 2. The Morgan fingerprint density at radius 1 is 0.976 bits per heavy atom. The van der Waals surface area contributed by atoms with E-state index < -0.39 is 35.6 Å². The molecule has 0 saturated carbocycles. The number of halogens is 3. The molecule has 1 heterocycles. The number of aliphatic hydroxyl groups is 1. The van der Waals surface area contributed by atoms with Gasteiger partial charge < -0.3 is 29.8 Å². The van der Waals surface area contributed by atoms with Gasteiger partial charge in [-0.2, -0.15) is 13.2 Å². The number of unbranched alkanes of at least 4 members (excludes halogenated alkanes) is 2. The number of hydrogen-bond acceptors (Lipinski definition) is 8. The van der Waals surface area contributed by atoms with Crippen LogP contribution < -0.4 is 15.2 Å². The number of rotatable bonds is 15. The topological polar surface area (TPSA) is 117 Å². The van der Waals surface area contributed by atoms with Crippen LogP contribution in [-0.2, 0) is 31.7 Å². The molecule has 226 valence electrons. The van der Waals surface area contributed by atoms with Crippen molar-refractivity contribution in [2.75, 3.05) is 19.8 Å². The molecule has 41 heavy (non-hydrogen) atoms. The van der Waals surface area contributed by atoms with Crippen molar-refractivity contribution in [3.63, 3.8) is 0 Å². The zero-order valence-corrected chi connectivity index (χ0v) is 23.4. The summed E-state index contributed by atoms with van der Waals surface area (Å²) in [7, 11) is 0. The van der Waals surface area contributed by atoms with Crippen molar-refractivity contribution in [2.45, 2.75) is 76.9 Å². The summed E-state index contributed by atoms with van der Waals surface area (Å²) in [6, 6.07) is 9.54. The molecular weight excluding hydrogens is 543 g/mol. The van der Waals surface area contributed by atoms with Crippen LogP contribution in [0, 0.1) is 5.92 Å². The van der Waals surface area contributed by atoms with Crippen molar-refractivity contribution < 1.29 is 46.8 Å². The second-order valence-electron chi connectivity index (χ2n) is 10.1. The average molecular weight is 582 g/mol. The predicted octanol–water partition coefficient (Wildman–Crippen LogP) is 5.49. The van der Waals surface area contributed by atoms with E-state index in [1.807, 2.05) is 13.8 Å². The number of alkyl halides is 3. The molecule has 0 aliphatic carbocycles. The summed E-state index contributed by atoms with van der Waals surface area (Å²) in [5, 5.41) is 10.8. The maximum Gasteiger partial charge on any atom is 0.453 e. The van der Waals surface area contributed by atoms with E-state index in [9.17, 15) is 27.9 Å². The second-order valence-corrected chi connectivity index (χ2v) is 10.1. The molecule has 8 nitrogen and oxygen atoms in total. The second kappa shape index (κ2) is 14.5. The van der Waals surface area contributed by atoms with Crippen molar-refractivity contribution in [1.82, 2.24) is 0 Å². The molecule has 2 aromatic rings. The molecule has 2 unspecified atom stereocenters. The number of carbonyl (C=O) groups excluding carboxylic acids is 2. The van der Waals surface area contributed by atoms with E-state index in [1.54, 1.807) is 18.2 Å². The predicted molar refractivity (Wildman–Crippen MR) is 144 cm³/mol. The Morgan fingerprint density at radius 3 is 2.20 bits per heavy atom. The Kier molecular flexibility index (Phi) is 11.4. The molecule has 0 saturated heterocycles. The van der Waals surface area contributed by atoms with E-state index in [1.165, 1.54) is 12.1 Å². The molecule has 1 aliphatic rings. The lowest BCUT2D eigenvalue weighted by Crippen LogP contribution is -2.56. The number of aliphatic hydroxyl groups excluding tert-OH is 1. The number of hydrogen-bond donors (Lipinski definition) is 2. The minimum Gasteiger partial charge on any atom is -0.459 e. The SMILES string of the molecule is CCCCOC(=O)C1(C(=O)OCCCC)Oc2ccc(CC(CCN)CC(O)c3cccc(C(F)(F)F)c3)cc2O1. The molecule has 11 heteroatoms. The highest BCUT2D eigenvalue weighted by Crippen LogP contribution is 2.42. The molecule has 1 aliphatic heterocycles. The highest BCUT2D eigenvalue weighted by molar-refractivity contribution is 6.03. The van der Waals surface area contributed by atoms with Crippen molar-refractivity contribution in [1.29, 1.82) is 0 Å². The Hall–Kier alpha value is -3.31. The van der Waals surface area contributed by atoms with Crippen molar-refractivity contribution in [3.05, 3.63) is 59.2 Å². The smallest absolute Gasteiger partial charge is 0.453 e. The van der Waals surface area contributed by atoms with Gasteiger partial charge in [-0.15, -0.1) is 0 Å². The van der Waals surface area contributed by atoms with Crippen LogP contribution in [-0.4, -0.2) is 42.6 Å². The molecule has 0 aromatic heterocycles. The molecule has 0 fully saturated rings. The van der Waals surface area contributed by atoms with Crippen LogP contribution >= 0.6 is 0 Å². The van der Waals surface area contributed by atoms with Crippen LogP contribution in [0.25, 0.3) is 0 Å². The fourth-order valence-electron chi connectivity index (χ4n) is 4.48. The number of esters is 2. The van der Waals surface area contributed by atoms with Gasteiger partial charge in [0, 0.05) is 0 Å². The first-order chi connectivity index (χ1) is 19.5. The Labute approximate surface area is 237 Å². The van der Waals surface area contributed by atoms with Gasteiger partial charge in [-0.3, -0.25) is 0 Å². The maximum absolute atomic E-state index is 13.1. The standard InChI is InChI=1S/C30H38F3NO7/c1-3-5-14-38-27(36)29(28(37)39-15-6-4-2)40-25-11-10-20(18-26(25)41-29)16-21(12-13-34)17-24(35)22-8-7-9-23(19-22)30(31,32)33/h7-11,18-19,21,24,35H,3-6,12-17,34H2,1-2H3. The minimum absolute atomic E-state index is 0.0859. The van der Waals surface area contributed by atoms with Crippen LogP contribution in [0.3, 0.4) is 0 Å². The van der Waals surface area contributed by atoms with Crippen molar-refractivity contribution in [2.24, 2.45) is 11.7 Å². The van der Waals surface area contributed by atoms with Crippen molar-refractivity contribution >= 4 is 11.9 Å². The summed E-state index contributed by atoms with van der Waals surface area (Å²) in [5.74, 6) is -4.31. The Morgan fingerprint density at radius 2 is 1.61 bits per heavy atom. The van der Waals surface area contributed by atoms with Crippen LogP contribution in [0.2, 0.25) is 0 Å². The fraction of sp³-hybridized carbons (Fsp3) is 0.533. The summed E-state index contributed by atoms with van der Waals surface area (Å²) in [6.45, 7) is 4.34. The zero-order valence-electron chi connectivity index (χ0n) is 23.4.